The Morgan fingerprint density at radius 2 is 1.61 bits per heavy atom. The van der Waals surface area contributed by atoms with Gasteiger partial charge in [-0.1, -0.05) is 54.1 Å². The van der Waals surface area contributed by atoms with Crippen molar-refractivity contribution in [1.29, 1.82) is 0 Å². The molecule has 0 heterocycles. The van der Waals surface area contributed by atoms with Crippen LogP contribution in [-0.4, -0.2) is 30.6 Å². The lowest BCUT2D eigenvalue weighted by molar-refractivity contribution is -0.114. The summed E-state index contributed by atoms with van der Waals surface area (Å²) in [5.41, 5.74) is 1.86. The molecule has 4 aromatic rings. The fourth-order valence-corrected chi connectivity index (χ4v) is 4.60. The fraction of sp³-hybridized carbons (Fsp3) is 0.0645. The van der Waals surface area contributed by atoms with Crippen molar-refractivity contribution in [3.8, 4) is 5.75 Å². The first kappa shape index (κ1) is 29.4. The van der Waals surface area contributed by atoms with Gasteiger partial charge in [0.15, 0.2) is 0 Å². The van der Waals surface area contributed by atoms with E-state index in [0.717, 1.165) is 4.90 Å². The van der Waals surface area contributed by atoms with Gasteiger partial charge < -0.3 is 20.7 Å². The quantitative estimate of drug-likeness (QED) is 0.143. The first-order valence-corrected chi connectivity index (χ1v) is 13.7. The van der Waals surface area contributed by atoms with E-state index >= 15 is 0 Å². The Balaban J connectivity index is 1.47. The van der Waals surface area contributed by atoms with Gasteiger partial charge in [0.05, 0.1) is 17.9 Å². The molecule has 0 saturated heterocycles. The molecule has 0 unspecified atom stereocenters. The minimum absolute atomic E-state index is 0.0127. The number of para-hydroxylation sites is 1. The van der Waals surface area contributed by atoms with Crippen LogP contribution in [0.25, 0.3) is 6.08 Å². The number of ether oxygens (including phenoxy) is 1. The summed E-state index contributed by atoms with van der Waals surface area (Å²) in [4.78, 5) is 39.4. The molecule has 0 spiro atoms. The van der Waals surface area contributed by atoms with Crippen LogP contribution in [0.1, 0.15) is 15.9 Å². The smallest absolute Gasteiger partial charge is 0.272 e. The fourth-order valence-electron chi connectivity index (χ4n) is 3.67. The van der Waals surface area contributed by atoms with Crippen LogP contribution in [0.2, 0.25) is 5.02 Å². The number of nitrogens with one attached hydrogen (secondary N) is 3. The van der Waals surface area contributed by atoms with E-state index in [0.29, 0.717) is 28.3 Å². The first-order valence-electron chi connectivity index (χ1n) is 12.3. The van der Waals surface area contributed by atoms with E-state index in [-0.39, 0.29) is 22.4 Å². The number of amides is 3. The van der Waals surface area contributed by atoms with Gasteiger partial charge in [0, 0.05) is 27.4 Å². The molecular formula is C31H25ClFN3O4S. The van der Waals surface area contributed by atoms with E-state index in [1.807, 2.05) is 0 Å². The SMILES string of the molecule is COc1ccccc1/C=C(/NC(=O)c1ccccc1)C(=O)Nc1cccc(SCC(=O)Nc2ccc(F)c(Cl)c2)c1. The summed E-state index contributed by atoms with van der Waals surface area (Å²) in [5.74, 6) is -1.27. The van der Waals surface area contributed by atoms with E-state index in [4.69, 9.17) is 16.3 Å². The Morgan fingerprint density at radius 3 is 2.37 bits per heavy atom. The number of thioether (sulfide) groups is 1. The molecule has 0 aliphatic rings. The molecule has 0 aliphatic carbocycles. The van der Waals surface area contributed by atoms with Crippen LogP contribution in [0.4, 0.5) is 15.8 Å². The lowest BCUT2D eigenvalue weighted by Crippen LogP contribution is -2.30. The van der Waals surface area contributed by atoms with Crippen molar-refractivity contribution < 1.29 is 23.5 Å². The van der Waals surface area contributed by atoms with Crippen molar-refractivity contribution in [2.24, 2.45) is 0 Å². The minimum atomic E-state index is -0.571. The van der Waals surface area contributed by atoms with E-state index in [1.54, 1.807) is 84.9 Å². The highest BCUT2D eigenvalue weighted by Crippen LogP contribution is 2.24. The molecule has 4 rings (SSSR count). The number of rotatable bonds is 10. The summed E-state index contributed by atoms with van der Waals surface area (Å²) in [6.07, 6.45) is 1.54. The molecule has 0 aliphatic heterocycles. The maximum atomic E-state index is 13.4. The summed E-state index contributed by atoms with van der Waals surface area (Å²) in [5, 5.41) is 8.09. The maximum absolute atomic E-state index is 13.4. The number of carbonyl (C=O) groups excluding carboxylic acids is 3. The van der Waals surface area contributed by atoms with Gasteiger partial charge in [0.1, 0.15) is 17.3 Å². The van der Waals surface area contributed by atoms with Gasteiger partial charge in [-0.05, 0) is 60.7 Å². The molecule has 0 fully saturated rings. The molecule has 41 heavy (non-hydrogen) atoms. The third-order valence-corrected chi connectivity index (χ3v) is 6.92. The lowest BCUT2D eigenvalue weighted by Gasteiger charge is -2.13. The van der Waals surface area contributed by atoms with Crippen molar-refractivity contribution in [2.45, 2.75) is 4.90 Å². The zero-order chi connectivity index (χ0) is 29.2. The van der Waals surface area contributed by atoms with Crippen LogP contribution in [-0.2, 0) is 9.59 Å². The molecular weight excluding hydrogens is 565 g/mol. The molecule has 10 heteroatoms. The second-order valence-electron chi connectivity index (χ2n) is 8.57. The van der Waals surface area contributed by atoms with Crippen molar-refractivity contribution in [3.05, 3.63) is 125 Å². The average molecular weight is 590 g/mol. The van der Waals surface area contributed by atoms with E-state index in [1.165, 1.54) is 37.1 Å². The van der Waals surface area contributed by atoms with Crippen LogP contribution >= 0.6 is 23.4 Å². The highest BCUT2D eigenvalue weighted by molar-refractivity contribution is 8.00. The van der Waals surface area contributed by atoms with Crippen LogP contribution in [0, 0.1) is 5.82 Å². The predicted octanol–water partition coefficient (Wildman–Crippen LogP) is 6.63. The number of halogens is 2. The third kappa shape index (κ3) is 8.44. The molecule has 0 radical (unpaired) electrons. The topological polar surface area (TPSA) is 96.5 Å². The number of carbonyl (C=O) groups is 3. The Bertz CT molecular complexity index is 1600. The molecule has 0 bridgehead atoms. The summed E-state index contributed by atoms with van der Waals surface area (Å²) < 4.78 is 18.8. The number of hydrogen-bond donors (Lipinski definition) is 3. The van der Waals surface area contributed by atoms with Gasteiger partial charge in [-0.3, -0.25) is 14.4 Å². The number of benzene rings is 4. The second-order valence-corrected chi connectivity index (χ2v) is 10.0. The minimum Gasteiger partial charge on any atom is -0.496 e. The van der Waals surface area contributed by atoms with Crippen molar-refractivity contribution in [2.75, 3.05) is 23.5 Å². The Labute approximate surface area is 245 Å². The molecule has 3 amide bonds. The molecule has 7 nitrogen and oxygen atoms in total. The van der Waals surface area contributed by atoms with Crippen molar-refractivity contribution in [3.63, 3.8) is 0 Å². The van der Waals surface area contributed by atoms with Crippen LogP contribution in [0.15, 0.2) is 108 Å². The molecule has 0 aromatic heterocycles. The normalized spacial score (nSPS) is 11.0. The van der Waals surface area contributed by atoms with Crippen molar-refractivity contribution >= 4 is 58.5 Å². The third-order valence-electron chi connectivity index (χ3n) is 5.63. The van der Waals surface area contributed by atoms with Gasteiger partial charge >= 0.3 is 0 Å². The monoisotopic (exact) mass is 589 g/mol. The van der Waals surface area contributed by atoms with Crippen LogP contribution in [0.3, 0.4) is 0 Å². The summed E-state index contributed by atoms with van der Waals surface area (Å²) in [6, 6.07) is 26.6. The summed E-state index contributed by atoms with van der Waals surface area (Å²) in [6.45, 7) is 0. The van der Waals surface area contributed by atoms with Gasteiger partial charge in [-0.15, -0.1) is 11.8 Å². The molecule has 4 aromatic carbocycles. The predicted molar refractivity (Wildman–Crippen MR) is 161 cm³/mol. The van der Waals surface area contributed by atoms with Crippen LogP contribution in [0.5, 0.6) is 5.75 Å². The van der Waals surface area contributed by atoms with Crippen LogP contribution < -0.4 is 20.7 Å². The second kappa shape index (κ2) is 14.2. The number of hydrogen-bond acceptors (Lipinski definition) is 5. The highest BCUT2D eigenvalue weighted by atomic mass is 35.5. The molecule has 0 saturated carbocycles. The molecule has 3 N–H and O–H groups in total. The number of methoxy groups -OCH3 is 1. The van der Waals surface area contributed by atoms with Crippen molar-refractivity contribution in [1.82, 2.24) is 5.32 Å². The number of anilines is 2. The Morgan fingerprint density at radius 1 is 0.878 bits per heavy atom. The Kier molecular flexibility index (Phi) is 10.1. The summed E-state index contributed by atoms with van der Waals surface area (Å²) >= 11 is 7.02. The zero-order valence-electron chi connectivity index (χ0n) is 21.8. The average Bonchev–Trinajstić information content (AvgIpc) is 2.98. The summed E-state index contributed by atoms with van der Waals surface area (Å²) in [7, 11) is 1.52. The lowest BCUT2D eigenvalue weighted by atomic mass is 10.1. The van der Waals surface area contributed by atoms with E-state index in [9.17, 15) is 18.8 Å². The first-order chi connectivity index (χ1) is 19.8. The Hall–Kier alpha value is -4.60. The molecule has 208 valence electrons. The van der Waals surface area contributed by atoms with E-state index in [2.05, 4.69) is 16.0 Å². The van der Waals surface area contributed by atoms with Gasteiger partial charge in [0.2, 0.25) is 5.91 Å². The zero-order valence-corrected chi connectivity index (χ0v) is 23.4. The van der Waals surface area contributed by atoms with Gasteiger partial charge in [0.25, 0.3) is 11.8 Å². The van der Waals surface area contributed by atoms with Gasteiger partial charge in [-0.2, -0.15) is 0 Å². The molecule has 0 atom stereocenters. The highest BCUT2D eigenvalue weighted by Gasteiger charge is 2.16. The van der Waals surface area contributed by atoms with Gasteiger partial charge in [-0.25, -0.2) is 4.39 Å². The maximum Gasteiger partial charge on any atom is 0.272 e. The largest absolute Gasteiger partial charge is 0.496 e. The standard InChI is InChI=1S/C31H25ClFN3O4S/c1-40-28-13-6-5-10-21(28)16-27(36-30(38)20-8-3-2-4-9-20)31(39)35-22-11-7-12-24(17-22)41-19-29(37)34-23-14-15-26(33)25(32)18-23/h2-18H,19H2,1H3,(H,34,37)(H,35,39)(H,36,38)/b27-16+. The van der Waals surface area contributed by atoms with E-state index < -0.39 is 17.6 Å².